The summed E-state index contributed by atoms with van der Waals surface area (Å²) in [6.07, 6.45) is 5.12. The molecule has 0 aromatic heterocycles. The number of nitrogens with one attached hydrogen (secondary N) is 1. The van der Waals surface area contributed by atoms with Gasteiger partial charge in [0.1, 0.15) is 0 Å². The fourth-order valence-electron chi connectivity index (χ4n) is 2.48. The van der Waals surface area contributed by atoms with Crippen LogP contribution in [0.5, 0.6) is 0 Å². The molecule has 20 heavy (non-hydrogen) atoms. The molecule has 2 rings (SSSR count). The number of amides is 1. The number of nitrogens with two attached hydrogens (primary N) is 1. The molecule has 1 aliphatic heterocycles. The zero-order chi connectivity index (χ0) is 14.4. The molecule has 1 amide bonds. The van der Waals surface area contributed by atoms with E-state index >= 15 is 0 Å². The van der Waals surface area contributed by atoms with Crippen molar-refractivity contribution in [2.24, 2.45) is 5.73 Å². The van der Waals surface area contributed by atoms with Gasteiger partial charge in [-0.3, -0.25) is 4.79 Å². The summed E-state index contributed by atoms with van der Waals surface area (Å²) < 4.78 is 0. The maximum Gasteiger partial charge on any atom is 0.240 e. The zero-order valence-electron chi connectivity index (χ0n) is 12.3. The molecule has 1 aliphatic rings. The molecule has 1 heterocycles. The third-order valence-corrected chi connectivity index (χ3v) is 3.80. The SMILES string of the molecule is C[C@@H](N)C(=O)Nc1ccc(CCN2CCCCC2)cc1. The number of carbonyl (C=O) groups is 1. The Kier molecular flexibility index (Phi) is 5.56. The second kappa shape index (κ2) is 7.41. The molecular weight excluding hydrogens is 250 g/mol. The van der Waals surface area contributed by atoms with Gasteiger partial charge in [0.15, 0.2) is 0 Å². The fraction of sp³-hybridized carbons (Fsp3) is 0.562. The van der Waals surface area contributed by atoms with Crippen molar-refractivity contribution < 1.29 is 4.79 Å². The lowest BCUT2D eigenvalue weighted by Crippen LogP contribution is -2.32. The van der Waals surface area contributed by atoms with Gasteiger partial charge in [-0.05, 0) is 57.0 Å². The quantitative estimate of drug-likeness (QED) is 0.864. The van der Waals surface area contributed by atoms with Crippen molar-refractivity contribution in [3.63, 3.8) is 0 Å². The van der Waals surface area contributed by atoms with Crippen LogP contribution in [0.3, 0.4) is 0 Å². The van der Waals surface area contributed by atoms with Crippen LogP contribution in [-0.4, -0.2) is 36.5 Å². The highest BCUT2D eigenvalue weighted by molar-refractivity contribution is 5.94. The minimum atomic E-state index is -0.478. The van der Waals surface area contributed by atoms with Crippen LogP contribution < -0.4 is 11.1 Å². The average Bonchev–Trinajstić information content (AvgIpc) is 2.47. The molecule has 110 valence electrons. The van der Waals surface area contributed by atoms with Crippen molar-refractivity contribution in [1.29, 1.82) is 0 Å². The summed E-state index contributed by atoms with van der Waals surface area (Å²) in [5, 5.41) is 2.80. The molecule has 4 nitrogen and oxygen atoms in total. The molecule has 4 heteroatoms. The number of piperidine rings is 1. The predicted octanol–water partition coefficient (Wildman–Crippen LogP) is 2.00. The maximum absolute atomic E-state index is 11.5. The number of hydrogen-bond acceptors (Lipinski definition) is 3. The van der Waals surface area contributed by atoms with E-state index in [1.165, 1.54) is 37.9 Å². The Morgan fingerprint density at radius 3 is 2.50 bits per heavy atom. The number of rotatable bonds is 5. The Balaban J connectivity index is 1.80. The molecule has 0 aliphatic carbocycles. The Hall–Kier alpha value is -1.39. The highest BCUT2D eigenvalue weighted by Gasteiger charge is 2.10. The minimum Gasteiger partial charge on any atom is -0.325 e. The van der Waals surface area contributed by atoms with Crippen LogP contribution in [0.4, 0.5) is 5.69 Å². The van der Waals surface area contributed by atoms with Crippen molar-refractivity contribution in [3.05, 3.63) is 29.8 Å². The maximum atomic E-state index is 11.5. The highest BCUT2D eigenvalue weighted by atomic mass is 16.2. The van der Waals surface area contributed by atoms with E-state index in [0.29, 0.717) is 0 Å². The Labute approximate surface area is 121 Å². The molecule has 0 unspecified atom stereocenters. The topological polar surface area (TPSA) is 58.4 Å². The van der Waals surface area contributed by atoms with E-state index in [1.807, 2.05) is 12.1 Å². The number of nitrogens with zero attached hydrogens (tertiary/aromatic N) is 1. The van der Waals surface area contributed by atoms with Gasteiger partial charge in [-0.25, -0.2) is 0 Å². The van der Waals surface area contributed by atoms with E-state index in [2.05, 4.69) is 22.3 Å². The van der Waals surface area contributed by atoms with Gasteiger partial charge in [-0.15, -0.1) is 0 Å². The summed E-state index contributed by atoms with van der Waals surface area (Å²) in [5.74, 6) is -0.147. The number of benzene rings is 1. The van der Waals surface area contributed by atoms with Crippen molar-refractivity contribution >= 4 is 11.6 Å². The van der Waals surface area contributed by atoms with Crippen LogP contribution in [0.1, 0.15) is 31.7 Å². The standard InChI is InChI=1S/C16H25N3O/c1-13(17)16(20)18-15-7-5-14(6-8-15)9-12-19-10-3-2-4-11-19/h5-8,13H,2-4,9-12,17H2,1H3,(H,18,20)/t13-/m1/s1. The Morgan fingerprint density at radius 1 is 1.25 bits per heavy atom. The van der Waals surface area contributed by atoms with E-state index in [0.717, 1.165) is 18.7 Å². The summed E-state index contributed by atoms with van der Waals surface area (Å²) in [7, 11) is 0. The minimum absolute atomic E-state index is 0.147. The summed E-state index contributed by atoms with van der Waals surface area (Å²) in [5.41, 5.74) is 7.65. The van der Waals surface area contributed by atoms with E-state index in [4.69, 9.17) is 5.73 Å². The molecule has 1 atom stereocenters. The lowest BCUT2D eigenvalue weighted by Gasteiger charge is -2.26. The van der Waals surface area contributed by atoms with Crippen LogP contribution in [0.15, 0.2) is 24.3 Å². The molecule has 0 radical (unpaired) electrons. The van der Waals surface area contributed by atoms with Gasteiger partial charge in [0.05, 0.1) is 6.04 Å². The molecule has 1 fully saturated rings. The first kappa shape index (κ1) is 15.0. The van der Waals surface area contributed by atoms with Gasteiger partial charge in [0, 0.05) is 12.2 Å². The number of anilines is 1. The highest BCUT2D eigenvalue weighted by Crippen LogP contribution is 2.13. The normalized spacial score (nSPS) is 17.7. The van der Waals surface area contributed by atoms with E-state index < -0.39 is 6.04 Å². The predicted molar refractivity (Wildman–Crippen MR) is 82.7 cm³/mol. The molecule has 0 spiro atoms. The molecule has 0 bridgehead atoms. The number of likely N-dealkylation sites (tertiary alicyclic amines) is 1. The first-order valence-electron chi connectivity index (χ1n) is 7.53. The first-order valence-corrected chi connectivity index (χ1v) is 7.53. The molecule has 3 N–H and O–H groups in total. The van der Waals surface area contributed by atoms with Crippen molar-refractivity contribution in [2.45, 2.75) is 38.6 Å². The lowest BCUT2D eigenvalue weighted by atomic mass is 10.1. The zero-order valence-corrected chi connectivity index (χ0v) is 12.3. The number of carbonyl (C=O) groups excluding carboxylic acids is 1. The molecule has 1 saturated heterocycles. The van der Waals surface area contributed by atoms with Gasteiger partial charge in [-0.1, -0.05) is 18.6 Å². The largest absolute Gasteiger partial charge is 0.325 e. The van der Waals surface area contributed by atoms with Gasteiger partial charge < -0.3 is 16.0 Å². The average molecular weight is 275 g/mol. The third-order valence-electron chi connectivity index (χ3n) is 3.80. The Bertz CT molecular complexity index is 422. The van der Waals surface area contributed by atoms with Gasteiger partial charge in [-0.2, -0.15) is 0 Å². The summed E-state index contributed by atoms with van der Waals surface area (Å²) in [6, 6.07) is 7.59. The molecule has 1 aromatic rings. The van der Waals surface area contributed by atoms with Gasteiger partial charge in [0.2, 0.25) is 5.91 Å². The monoisotopic (exact) mass is 275 g/mol. The van der Waals surface area contributed by atoms with Crippen molar-refractivity contribution in [3.8, 4) is 0 Å². The van der Waals surface area contributed by atoms with E-state index in [-0.39, 0.29) is 5.91 Å². The summed E-state index contributed by atoms with van der Waals surface area (Å²) in [4.78, 5) is 14.0. The molecule has 0 saturated carbocycles. The second-order valence-corrected chi connectivity index (χ2v) is 5.63. The number of hydrogen-bond donors (Lipinski definition) is 2. The molecular formula is C16H25N3O. The van der Waals surface area contributed by atoms with E-state index in [9.17, 15) is 4.79 Å². The van der Waals surface area contributed by atoms with Crippen LogP contribution in [0.2, 0.25) is 0 Å². The fourth-order valence-corrected chi connectivity index (χ4v) is 2.48. The van der Waals surface area contributed by atoms with Gasteiger partial charge >= 0.3 is 0 Å². The lowest BCUT2D eigenvalue weighted by molar-refractivity contribution is -0.117. The Morgan fingerprint density at radius 2 is 1.90 bits per heavy atom. The van der Waals surface area contributed by atoms with Crippen LogP contribution in [0.25, 0.3) is 0 Å². The van der Waals surface area contributed by atoms with Crippen LogP contribution in [-0.2, 0) is 11.2 Å². The smallest absolute Gasteiger partial charge is 0.240 e. The van der Waals surface area contributed by atoms with Crippen LogP contribution in [0, 0.1) is 0 Å². The molecule has 1 aromatic carbocycles. The van der Waals surface area contributed by atoms with Gasteiger partial charge in [0.25, 0.3) is 0 Å². The second-order valence-electron chi connectivity index (χ2n) is 5.63. The first-order chi connectivity index (χ1) is 9.65. The van der Waals surface area contributed by atoms with Crippen molar-refractivity contribution in [1.82, 2.24) is 4.90 Å². The third kappa shape index (κ3) is 4.62. The van der Waals surface area contributed by atoms with Crippen molar-refractivity contribution in [2.75, 3.05) is 25.0 Å². The van der Waals surface area contributed by atoms with Crippen LogP contribution >= 0.6 is 0 Å². The summed E-state index contributed by atoms with van der Waals surface area (Å²) >= 11 is 0. The van der Waals surface area contributed by atoms with E-state index in [1.54, 1.807) is 6.92 Å². The summed E-state index contributed by atoms with van der Waals surface area (Å²) in [6.45, 7) is 5.29.